The molecule has 0 heterocycles. The van der Waals surface area contributed by atoms with Crippen LogP contribution in [0, 0.1) is 11.3 Å². The van der Waals surface area contributed by atoms with Gasteiger partial charge in [0.15, 0.2) is 6.61 Å². The zero-order chi connectivity index (χ0) is 14.4. The van der Waals surface area contributed by atoms with Crippen molar-refractivity contribution in [2.45, 2.75) is 6.54 Å². The normalized spacial score (nSPS) is 9.85. The number of hydrogen-bond acceptors (Lipinski definition) is 3. The smallest absolute Gasteiger partial charge is 0.174 e. The first-order valence-electron chi connectivity index (χ1n) is 5.97. The Morgan fingerprint density at radius 1 is 1.15 bits per heavy atom. The third kappa shape index (κ3) is 3.80. The summed E-state index contributed by atoms with van der Waals surface area (Å²) in [5.41, 5.74) is 1.75. The van der Waals surface area contributed by atoms with E-state index in [-0.39, 0.29) is 6.61 Å². The zero-order valence-corrected chi connectivity index (χ0v) is 12.1. The standard InChI is InChI=1S/C15H12Cl2N2O/c16-12-5-6-14(13(17)9-12)19-10-11-3-1-2-4-15(11)20-8-7-18/h1-6,9,19H,8,10H2. The van der Waals surface area contributed by atoms with E-state index in [0.29, 0.717) is 22.3 Å². The van der Waals surface area contributed by atoms with E-state index in [0.717, 1.165) is 11.3 Å². The summed E-state index contributed by atoms with van der Waals surface area (Å²) < 4.78 is 5.37. The summed E-state index contributed by atoms with van der Waals surface area (Å²) in [6.07, 6.45) is 0. The molecular weight excluding hydrogens is 295 g/mol. The van der Waals surface area contributed by atoms with Gasteiger partial charge in [-0.15, -0.1) is 0 Å². The first-order valence-corrected chi connectivity index (χ1v) is 6.73. The van der Waals surface area contributed by atoms with Crippen LogP contribution in [0.25, 0.3) is 0 Å². The first-order chi connectivity index (χ1) is 9.70. The van der Waals surface area contributed by atoms with E-state index in [4.69, 9.17) is 33.2 Å². The van der Waals surface area contributed by atoms with E-state index in [1.807, 2.05) is 36.4 Å². The molecular formula is C15H12Cl2N2O. The van der Waals surface area contributed by atoms with Crippen molar-refractivity contribution >= 4 is 28.9 Å². The lowest BCUT2D eigenvalue weighted by molar-refractivity contribution is 0.364. The van der Waals surface area contributed by atoms with Gasteiger partial charge in [0.05, 0.1) is 10.7 Å². The molecule has 0 atom stereocenters. The second kappa shape index (κ2) is 7.04. The molecule has 0 saturated carbocycles. The van der Waals surface area contributed by atoms with Crippen LogP contribution in [0.15, 0.2) is 42.5 Å². The number of nitrogens with zero attached hydrogens (tertiary/aromatic N) is 1. The maximum absolute atomic E-state index is 8.57. The molecule has 0 aromatic heterocycles. The van der Waals surface area contributed by atoms with Gasteiger partial charge in [0.2, 0.25) is 0 Å². The highest BCUT2D eigenvalue weighted by Gasteiger charge is 2.05. The van der Waals surface area contributed by atoms with E-state index >= 15 is 0 Å². The summed E-state index contributed by atoms with van der Waals surface area (Å²) >= 11 is 12.0. The third-order valence-electron chi connectivity index (χ3n) is 2.67. The van der Waals surface area contributed by atoms with Crippen LogP contribution in [0.5, 0.6) is 5.75 Å². The highest BCUT2D eigenvalue weighted by molar-refractivity contribution is 6.36. The topological polar surface area (TPSA) is 45.0 Å². The minimum absolute atomic E-state index is 0.0265. The summed E-state index contributed by atoms with van der Waals surface area (Å²) in [5.74, 6) is 0.687. The lowest BCUT2D eigenvalue weighted by Gasteiger charge is -2.12. The number of ether oxygens (including phenoxy) is 1. The van der Waals surface area contributed by atoms with Crippen molar-refractivity contribution in [1.29, 1.82) is 5.26 Å². The van der Waals surface area contributed by atoms with Gasteiger partial charge in [-0.3, -0.25) is 0 Å². The molecule has 3 nitrogen and oxygen atoms in total. The number of anilines is 1. The predicted octanol–water partition coefficient (Wildman–Crippen LogP) is 4.51. The van der Waals surface area contributed by atoms with E-state index in [1.54, 1.807) is 12.1 Å². The number of rotatable bonds is 5. The van der Waals surface area contributed by atoms with Crippen LogP contribution in [0.1, 0.15) is 5.56 Å². The van der Waals surface area contributed by atoms with Crippen molar-refractivity contribution < 1.29 is 4.74 Å². The second-order valence-corrected chi connectivity index (χ2v) is 4.88. The Balaban J connectivity index is 2.09. The minimum atomic E-state index is 0.0265. The zero-order valence-electron chi connectivity index (χ0n) is 10.6. The van der Waals surface area contributed by atoms with Gasteiger partial charge in [0.25, 0.3) is 0 Å². The maximum atomic E-state index is 8.57. The molecule has 5 heteroatoms. The van der Waals surface area contributed by atoms with Gasteiger partial charge in [-0.25, -0.2) is 0 Å². The second-order valence-electron chi connectivity index (χ2n) is 4.03. The fourth-order valence-electron chi connectivity index (χ4n) is 1.72. The van der Waals surface area contributed by atoms with Crippen molar-refractivity contribution in [2.75, 3.05) is 11.9 Å². The van der Waals surface area contributed by atoms with Crippen LogP contribution in [0.2, 0.25) is 10.0 Å². The van der Waals surface area contributed by atoms with Crippen LogP contribution in [0.4, 0.5) is 5.69 Å². The molecule has 0 amide bonds. The lowest BCUT2D eigenvalue weighted by atomic mass is 10.2. The number of para-hydroxylation sites is 1. The number of nitrogens with one attached hydrogen (secondary N) is 1. The van der Waals surface area contributed by atoms with Gasteiger partial charge in [0, 0.05) is 17.1 Å². The molecule has 2 aromatic rings. The van der Waals surface area contributed by atoms with Crippen molar-refractivity contribution in [3.05, 3.63) is 58.1 Å². The molecule has 0 saturated heterocycles. The Morgan fingerprint density at radius 2 is 1.95 bits per heavy atom. The average molecular weight is 307 g/mol. The van der Waals surface area contributed by atoms with Gasteiger partial charge in [-0.2, -0.15) is 5.26 Å². The van der Waals surface area contributed by atoms with Crippen LogP contribution in [-0.2, 0) is 6.54 Å². The summed E-state index contributed by atoms with van der Waals surface area (Å²) in [4.78, 5) is 0. The van der Waals surface area contributed by atoms with Crippen molar-refractivity contribution in [3.63, 3.8) is 0 Å². The van der Waals surface area contributed by atoms with Gasteiger partial charge >= 0.3 is 0 Å². The van der Waals surface area contributed by atoms with Crippen molar-refractivity contribution in [3.8, 4) is 11.8 Å². The Hall–Kier alpha value is -1.89. The minimum Gasteiger partial charge on any atom is -0.478 e. The third-order valence-corrected chi connectivity index (χ3v) is 3.21. The van der Waals surface area contributed by atoms with Gasteiger partial charge < -0.3 is 10.1 Å². The first kappa shape index (κ1) is 14.5. The Morgan fingerprint density at radius 3 is 2.70 bits per heavy atom. The highest BCUT2D eigenvalue weighted by Crippen LogP contribution is 2.27. The summed E-state index contributed by atoms with van der Waals surface area (Å²) in [6, 6.07) is 14.8. The van der Waals surface area contributed by atoms with Crippen molar-refractivity contribution in [2.24, 2.45) is 0 Å². The molecule has 0 unspecified atom stereocenters. The lowest BCUT2D eigenvalue weighted by Crippen LogP contribution is -2.03. The molecule has 20 heavy (non-hydrogen) atoms. The van der Waals surface area contributed by atoms with Crippen molar-refractivity contribution in [1.82, 2.24) is 0 Å². The summed E-state index contributed by atoms with van der Waals surface area (Å²) in [5, 5.41) is 12.9. The molecule has 1 N–H and O–H groups in total. The Labute approximate surface area is 127 Å². The number of halogens is 2. The van der Waals surface area contributed by atoms with Gasteiger partial charge in [-0.1, -0.05) is 41.4 Å². The van der Waals surface area contributed by atoms with E-state index in [1.165, 1.54) is 0 Å². The molecule has 0 aliphatic rings. The highest BCUT2D eigenvalue weighted by atomic mass is 35.5. The van der Waals surface area contributed by atoms with Crippen LogP contribution in [-0.4, -0.2) is 6.61 Å². The Bertz CT molecular complexity index is 638. The fraction of sp³-hybridized carbons (Fsp3) is 0.133. The van der Waals surface area contributed by atoms with Gasteiger partial charge in [0.1, 0.15) is 11.8 Å². The average Bonchev–Trinajstić information content (AvgIpc) is 2.45. The van der Waals surface area contributed by atoms with Gasteiger partial charge in [-0.05, 0) is 24.3 Å². The molecule has 0 radical (unpaired) electrons. The monoisotopic (exact) mass is 306 g/mol. The quantitative estimate of drug-likeness (QED) is 0.884. The van der Waals surface area contributed by atoms with E-state index in [2.05, 4.69) is 5.32 Å². The van der Waals surface area contributed by atoms with E-state index < -0.39 is 0 Å². The SMILES string of the molecule is N#CCOc1ccccc1CNc1ccc(Cl)cc1Cl. The maximum Gasteiger partial charge on any atom is 0.174 e. The van der Waals surface area contributed by atoms with Crippen LogP contribution < -0.4 is 10.1 Å². The van der Waals surface area contributed by atoms with Crippen LogP contribution in [0.3, 0.4) is 0 Å². The number of benzene rings is 2. The summed E-state index contributed by atoms with van der Waals surface area (Å²) in [7, 11) is 0. The van der Waals surface area contributed by atoms with E-state index in [9.17, 15) is 0 Å². The molecule has 0 aliphatic heterocycles. The molecule has 2 rings (SSSR count). The number of nitriles is 1. The predicted molar refractivity (Wildman–Crippen MR) is 81.3 cm³/mol. The number of hydrogen-bond donors (Lipinski definition) is 1. The molecule has 0 spiro atoms. The molecule has 102 valence electrons. The molecule has 2 aromatic carbocycles. The summed E-state index contributed by atoms with van der Waals surface area (Å²) in [6.45, 7) is 0.571. The Kier molecular flexibility index (Phi) is 5.11. The molecule has 0 fully saturated rings. The molecule has 0 aliphatic carbocycles. The largest absolute Gasteiger partial charge is 0.478 e. The van der Waals surface area contributed by atoms with Crippen LogP contribution >= 0.6 is 23.2 Å². The fourth-order valence-corrected chi connectivity index (χ4v) is 2.20. The molecule has 0 bridgehead atoms.